The fraction of sp³-hybridized carbons (Fsp3) is 0.600. The second-order valence-corrected chi connectivity index (χ2v) is 8.25. The molecule has 0 bridgehead atoms. The molecule has 0 saturated carbocycles. The number of nitrogens with zero attached hydrogens (tertiary/aromatic N) is 1. The van der Waals surface area contributed by atoms with Gasteiger partial charge in [0.1, 0.15) is 0 Å². The molecule has 0 heterocycles. The van der Waals surface area contributed by atoms with Crippen molar-refractivity contribution < 1.29 is 9.59 Å². The molecule has 1 rings (SSSR count). The van der Waals surface area contributed by atoms with E-state index in [9.17, 15) is 9.59 Å². The Morgan fingerprint density at radius 3 is 1.88 bits per heavy atom. The van der Waals surface area contributed by atoms with Crippen LogP contribution in [0.25, 0.3) is 0 Å². The van der Waals surface area contributed by atoms with Crippen molar-refractivity contribution in [2.75, 3.05) is 23.3 Å². The summed E-state index contributed by atoms with van der Waals surface area (Å²) in [5.41, 5.74) is 1.33. The summed E-state index contributed by atoms with van der Waals surface area (Å²) in [5.74, 6) is -1.25. The van der Waals surface area contributed by atoms with Crippen LogP contribution in [0.5, 0.6) is 0 Å². The van der Waals surface area contributed by atoms with Gasteiger partial charge in [-0.25, -0.2) is 0 Å². The molecule has 0 radical (unpaired) electrons. The first-order chi connectivity index (χ1) is 11.5. The second kappa shape index (κ2) is 8.37. The predicted octanol–water partition coefficient (Wildman–Crippen LogP) is 3.80. The summed E-state index contributed by atoms with van der Waals surface area (Å²) >= 11 is 0. The number of benzene rings is 1. The van der Waals surface area contributed by atoms with E-state index in [4.69, 9.17) is 0 Å². The molecule has 0 atom stereocenters. The van der Waals surface area contributed by atoms with E-state index in [0.717, 1.165) is 25.2 Å². The molecule has 0 fully saturated rings. The fourth-order valence-electron chi connectivity index (χ4n) is 3.27. The zero-order valence-electron chi connectivity index (χ0n) is 16.7. The normalized spacial score (nSPS) is 11.8. The summed E-state index contributed by atoms with van der Waals surface area (Å²) in [6.45, 7) is 16.2. The Morgan fingerprint density at radius 1 is 0.920 bits per heavy atom. The Kier molecular flexibility index (Phi) is 7.03. The third-order valence-corrected chi connectivity index (χ3v) is 3.88. The van der Waals surface area contributed by atoms with E-state index in [2.05, 4.69) is 50.2 Å². The van der Waals surface area contributed by atoms with Gasteiger partial charge in [-0.15, -0.1) is 0 Å². The number of carbonyl (C=O) groups is 2. The Hall–Kier alpha value is -2.04. The van der Waals surface area contributed by atoms with Crippen molar-refractivity contribution >= 4 is 23.2 Å². The molecule has 0 aromatic heterocycles. The average Bonchev–Trinajstić information content (AvgIpc) is 2.47. The maximum Gasteiger partial charge on any atom is 0.313 e. The third kappa shape index (κ3) is 7.16. The highest BCUT2D eigenvalue weighted by Crippen LogP contribution is 2.26. The van der Waals surface area contributed by atoms with Crippen molar-refractivity contribution in [3.8, 4) is 0 Å². The van der Waals surface area contributed by atoms with Crippen LogP contribution >= 0.6 is 0 Å². The van der Waals surface area contributed by atoms with Crippen molar-refractivity contribution in [1.82, 2.24) is 5.32 Å². The Balaban J connectivity index is 2.68. The molecule has 2 N–H and O–H groups in total. The lowest BCUT2D eigenvalue weighted by Crippen LogP contribution is -2.49. The molecule has 1 aromatic carbocycles. The van der Waals surface area contributed by atoms with Crippen LogP contribution in [-0.2, 0) is 9.59 Å². The standard InChI is InChI=1S/C20H33N3O2/c1-8-23(9-2)16-12-10-15(11-13-16)21-17(24)18(25)22-20(6,7)14-19(3,4)5/h10-13H,8-9,14H2,1-7H3,(H,21,24)(H,22,25). The highest BCUT2D eigenvalue weighted by atomic mass is 16.2. The van der Waals surface area contributed by atoms with Crippen LogP contribution in [0.1, 0.15) is 54.9 Å². The zero-order chi connectivity index (χ0) is 19.3. The fourth-order valence-corrected chi connectivity index (χ4v) is 3.27. The van der Waals surface area contributed by atoms with Gasteiger partial charge in [0.05, 0.1) is 0 Å². The van der Waals surface area contributed by atoms with Crippen molar-refractivity contribution in [1.29, 1.82) is 0 Å². The molecule has 5 heteroatoms. The highest BCUT2D eigenvalue weighted by molar-refractivity contribution is 6.39. The minimum atomic E-state index is -0.641. The minimum absolute atomic E-state index is 0.0630. The molecule has 1 aromatic rings. The maximum atomic E-state index is 12.2. The van der Waals surface area contributed by atoms with Crippen LogP contribution in [0.2, 0.25) is 0 Å². The lowest BCUT2D eigenvalue weighted by Gasteiger charge is -2.33. The Labute approximate surface area is 152 Å². The van der Waals surface area contributed by atoms with Gasteiger partial charge >= 0.3 is 11.8 Å². The van der Waals surface area contributed by atoms with Crippen molar-refractivity contribution in [3.05, 3.63) is 24.3 Å². The van der Waals surface area contributed by atoms with Gasteiger partial charge in [-0.1, -0.05) is 20.8 Å². The highest BCUT2D eigenvalue weighted by Gasteiger charge is 2.29. The van der Waals surface area contributed by atoms with Crippen molar-refractivity contribution in [3.63, 3.8) is 0 Å². The second-order valence-electron chi connectivity index (χ2n) is 8.25. The van der Waals surface area contributed by atoms with Crippen LogP contribution in [0.15, 0.2) is 24.3 Å². The van der Waals surface area contributed by atoms with Crippen molar-refractivity contribution in [2.24, 2.45) is 5.41 Å². The summed E-state index contributed by atoms with van der Waals surface area (Å²) < 4.78 is 0. The van der Waals surface area contributed by atoms with E-state index in [1.807, 2.05) is 38.1 Å². The molecule has 5 nitrogen and oxygen atoms in total. The van der Waals surface area contributed by atoms with Gasteiger partial charge in [-0.2, -0.15) is 0 Å². The van der Waals surface area contributed by atoms with Crippen LogP contribution in [-0.4, -0.2) is 30.4 Å². The van der Waals surface area contributed by atoms with E-state index in [1.165, 1.54) is 0 Å². The van der Waals surface area contributed by atoms with Gasteiger partial charge in [0, 0.05) is 30.0 Å². The number of hydrogen-bond donors (Lipinski definition) is 2. The zero-order valence-corrected chi connectivity index (χ0v) is 16.7. The number of anilines is 2. The first-order valence-electron chi connectivity index (χ1n) is 8.96. The van der Waals surface area contributed by atoms with Gasteiger partial charge < -0.3 is 15.5 Å². The Morgan fingerprint density at radius 2 is 1.44 bits per heavy atom. The van der Waals surface area contributed by atoms with E-state index in [1.54, 1.807) is 0 Å². The smallest absolute Gasteiger partial charge is 0.313 e. The Bertz CT molecular complexity index is 582. The van der Waals surface area contributed by atoms with Gasteiger partial charge in [-0.05, 0) is 63.8 Å². The van der Waals surface area contributed by atoms with Crippen LogP contribution < -0.4 is 15.5 Å². The van der Waals surface area contributed by atoms with Gasteiger partial charge in [0.15, 0.2) is 0 Å². The lowest BCUT2D eigenvalue weighted by molar-refractivity contribution is -0.137. The number of nitrogens with one attached hydrogen (secondary N) is 2. The monoisotopic (exact) mass is 347 g/mol. The van der Waals surface area contributed by atoms with Gasteiger partial charge in [0.2, 0.25) is 0 Å². The topological polar surface area (TPSA) is 61.4 Å². The van der Waals surface area contributed by atoms with Crippen LogP contribution in [0, 0.1) is 5.41 Å². The molecule has 0 spiro atoms. The first kappa shape index (κ1) is 21.0. The molecule has 140 valence electrons. The van der Waals surface area contributed by atoms with E-state index in [-0.39, 0.29) is 5.41 Å². The maximum absolute atomic E-state index is 12.2. The number of hydrogen-bond acceptors (Lipinski definition) is 3. The molecule has 25 heavy (non-hydrogen) atoms. The molecular weight excluding hydrogens is 314 g/mol. The van der Waals surface area contributed by atoms with Gasteiger partial charge in [-0.3, -0.25) is 9.59 Å². The van der Waals surface area contributed by atoms with E-state index < -0.39 is 17.4 Å². The number of amides is 2. The van der Waals surface area contributed by atoms with E-state index >= 15 is 0 Å². The molecule has 0 aliphatic carbocycles. The van der Waals surface area contributed by atoms with Crippen molar-refractivity contribution in [2.45, 2.75) is 60.4 Å². The molecule has 0 unspecified atom stereocenters. The summed E-state index contributed by atoms with van der Waals surface area (Å²) in [5, 5.41) is 5.48. The van der Waals surface area contributed by atoms with Gasteiger partial charge in [0.25, 0.3) is 0 Å². The summed E-state index contributed by atoms with van der Waals surface area (Å²) in [7, 11) is 0. The number of carbonyl (C=O) groups excluding carboxylic acids is 2. The van der Waals surface area contributed by atoms with E-state index in [0.29, 0.717) is 5.69 Å². The molecule has 0 saturated heterocycles. The average molecular weight is 348 g/mol. The first-order valence-corrected chi connectivity index (χ1v) is 8.96. The summed E-state index contributed by atoms with van der Waals surface area (Å²) in [6, 6.07) is 7.53. The quantitative estimate of drug-likeness (QED) is 0.770. The van der Waals surface area contributed by atoms with Crippen LogP contribution in [0.3, 0.4) is 0 Å². The number of rotatable bonds is 6. The lowest BCUT2D eigenvalue weighted by atomic mass is 9.82. The summed E-state index contributed by atoms with van der Waals surface area (Å²) in [4.78, 5) is 26.6. The third-order valence-electron chi connectivity index (χ3n) is 3.88. The molecule has 2 amide bonds. The molecule has 0 aliphatic rings. The molecule has 0 aliphatic heterocycles. The predicted molar refractivity (Wildman–Crippen MR) is 105 cm³/mol. The summed E-state index contributed by atoms with van der Waals surface area (Å²) in [6.07, 6.45) is 0.775. The van der Waals surface area contributed by atoms with Crippen LogP contribution in [0.4, 0.5) is 11.4 Å². The largest absolute Gasteiger partial charge is 0.372 e. The SMILES string of the molecule is CCN(CC)c1ccc(NC(=O)C(=O)NC(C)(C)CC(C)(C)C)cc1. The molecular formula is C20H33N3O2. The minimum Gasteiger partial charge on any atom is -0.372 e.